The third-order valence-electron chi connectivity index (χ3n) is 2.52. The summed E-state index contributed by atoms with van der Waals surface area (Å²) in [6, 6.07) is 5.27. The van der Waals surface area contributed by atoms with Crippen LogP contribution in [0, 0.1) is 10.1 Å². The predicted octanol–water partition coefficient (Wildman–Crippen LogP) is 4.19. The van der Waals surface area contributed by atoms with Crippen molar-refractivity contribution in [2.45, 2.75) is 38.5 Å². The molecule has 0 fully saturated rings. The zero-order chi connectivity index (χ0) is 12.5. The second-order valence-electron chi connectivity index (χ2n) is 4.90. The first-order chi connectivity index (χ1) is 7.23. The summed E-state index contributed by atoms with van der Waals surface area (Å²) in [5, 5.41) is 10.6. The Balaban J connectivity index is 3.34. The van der Waals surface area contributed by atoms with Crippen molar-refractivity contribution in [2.24, 2.45) is 0 Å². The molecule has 1 atom stereocenters. The SMILES string of the molecule is CC(Cl)c1ccc(C(C)(C)C)cc1[N+](=O)[O-]. The minimum absolute atomic E-state index is 0.0984. The minimum Gasteiger partial charge on any atom is -0.258 e. The summed E-state index contributed by atoms with van der Waals surface area (Å²) >= 11 is 5.91. The molecule has 0 aromatic heterocycles. The van der Waals surface area contributed by atoms with Crippen LogP contribution in [-0.4, -0.2) is 4.92 Å². The third kappa shape index (κ3) is 2.73. The van der Waals surface area contributed by atoms with Gasteiger partial charge in [-0.25, -0.2) is 0 Å². The molecule has 0 radical (unpaired) electrons. The monoisotopic (exact) mass is 241 g/mol. The summed E-state index contributed by atoms with van der Waals surface area (Å²) in [7, 11) is 0. The van der Waals surface area contributed by atoms with Crippen LogP contribution in [0.2, 0.25) is 0 Å². The maximum absolute atomic E-state index is 11.0. The van der Waals surface area contributed by atoms with Crippen molar-refractivity contribution in [3.8, 4) is 0 Å². The van der Waals surface area contributed by atoms with Crippen LogP contribution in [0.1, 0.15) is 44.2 Å². The summed E-state index contributed by atoms with van der Waals surface area (Å²) in [4.78, 5) is 10.6. The van der Waals surface area contributed by atoms with Gasteiger partial charge >= 0.3 is 0 Å². The molecule has 0 saturated heterocycles. The fraction of sp³-hybridized carbons (Fsp3) is 0.500. The molecule has 0 aliphatic rings. The van der Waals surface area contributed by atoms with Crippen molar-refractivity contribution < 1.29 is 4.92 Å². The minimum atomic E-state index is -0.372. The van der Waals surface area contributed by atoms with Crippen molar-refractivity contribution >= 4 is 17.3 Å². The molecule has 4 heteroatoms. The number of halogens is 1. The van der Waals surface area contributed by atoms with Crippen LogP contribution in [0.4, 0.5) is 5.69 Å². The zero-order valence-corrected chi connectivity index (χ0v) is 10.7. The molecule has 1 aromatic rings. The Hall–Kier alpha value is -1.09. The van der Waals surface area contributed by atoms with Crippen LogP contribution in [0.15, 0.2) is 18.2 Å². The number of hydrogen-bond donors (Lipinski definition) is 0. The van der Waals surface area contributed by atoms with E-state index in [-0.39, 0.29) is 21.4 Å². The molecule has 1 aromatic carbocycles. The van der Waals surface area contributed by atoms with Crippen LogP contribution in [0.5, 0.6) is 0 Å². The van der Waals surface area contributed by atoms with Crippen LogP contribution >= 0.6 is 11.6 Å². The smallest absolute Gasteiger partial charge is 0.258 e. The number of nitro groups is 1. The maximum atomic E-state index is 11.0. The topological polar surface area (TPSA) is 43.1 Å². The lowest BCUT2D eigenvalue weighted by atomic mass is 9.86. The Kier molecular flexibility index (Phi) is 3.58. The van der Waals surface area contributed by atoms with Gasteiger partial charge in [0.2, 0.25) is 0 Å². The lowest BCUT2D eigenvalue weighted by molar-refractivity contribution is -0.385. The van der Waals surface area contributed by atoms with Crippen LogP contribution in [-0.2, 0) is 5.41 Å². The molecule has 16 heavy (non-hydrogen) atoms. The summed E-state index contributed by atoms with van der Waals surface area (Å²) in [6.45, 7) is 7.81. The van der Waals surface area contributed by atoms with E-state index < -0.39 is 0 Å². The summed E-state index contributed by atoms with van der Waals surface area (Å²) in [5.41, 5.74) is 1.52. The van der Waals surface area contributed by atoms with Gasteiger partial charge in [-0.05, 0) is 17.9 Å². The number of benzene rings is 1. The quantitative estimate of drug-likeness (QED) is 0.443. The zero-order valence-electron chi connectivity index (χ0n) is 9.95. The van der Waals surface area contributed by atoms with Gasteiger partial charge in [0.15, 0.2) is 0 Å². The number of nitro benzene ring substituents is 1. The molecular formula is C12H16ClNO2. The second kappa shape index (κ2) is 4.42. The van der Waals surface area contributed by atoms with E-state index in [1.807, 2.05) is 26.8 Å². The first kappa shape index (κ1) is 13.0. The van der Waals surface area contributed by atoms with Crippen molar-refractivity contribution in [3.05, 3.63) is 39.4 Å². The van der Waals surface area contributed by atoms with Gasteiger partial charge < -0.3 is 0 Å². The largest absolute Gasteiger partial charge is 0.274 e. The Morgan fingerprint density at radius 1 is 1.38 bits per heavy atom. The highest BCUT2D eigenvalue weighted by molar-refractivity contribution is 6.20. The lowest BCUT2D eigenvalue weighted by Gasteiger charge is -2.19. The fourth-order valence-corrected chi connectivity index (χ4v) is 1.69. The molecule has 0 aliphatic heterocycles. The number of nitrogens with zero attached hydrogens (tertiary/aromatic N) is 1. The molecule has 0 heterocycles. The van der Waals surface area contributed by atoms with Crippen molar-refractivity contribution in [2.75, 3.05) is 0 Å². The number of alkyl halides is 1. The molecule has 0 saturated carbocycles. The van der Waals surface area contributed by atoms with Crippen LogP contribution in [0.3, 0.4) is 0 Å². The highest BCUT2D eigenvalue weighted by Gasteiger charge is 2.22. The van der Waals surface area contributed by atoms with Crippen molar-refractivity contribution in [1.82, 2.24) is 0 Å². The van der Waals surface area contributed by atoms with E-state index >= 15 is 0 Å². The van der Waals surface area contributed by atoms with E-state index in [0.29, 0.717) is 5.56 Å². The van der Waals surface area contributed by atoms with E-state index in [0.717, 1.165) is 5.56 Å². The lowest BCUT2D eigenvalue weighted by Crippen LogP contribution is -2.12. The molecule has 0 amide bonds. The van der Waals surface area contributed by atoms with Gasteiger partial charge in [0, 0.05) is 11.6 Å². The highest BCUT2D eigenvalue weighted by atomic mass is 35.5. The number of rotatable bonds is 2. The van der Waals surface area contributed by atoms with E-state index in [2.05, 4.69) is 0 Å². The molecule has 0 spiro atoms. The van der Waals surface area contributed by atoms with Crippen molar-refractivity contribution in [3.63, 3.8) is 0 Å². The summed E-state index contributed by atoms with van der Waals surface area (Å²) < 4.78 is 0. The van der Waals surface area contributed by atoms with Gasteiger partial charge in [0.05, 0.1) is 10.3 Å². The Morgan fingerprint density at radius 3 is 2.31 bits per heavy atom. The fourth-order valence-electron chi connectivity index (χ4n) is 1.50. The molecule has 1 unspecified atom stereocenters. The predicted molar refractivity (Wildman–Crippen MR) is 66.1 cm³/mol. The van der Waals surface area contributed by atoms with Gasteiger partial charge in [-0.15, -0.1) is 11.6 Å². The summed E-state index contributed by atoms with van der Waals surface area (Å²) in [5.74, 6) is 0. The van der Waals surface area contributed by atoms with E-state index in [9.17, 15) is 10.1 Å². The molecule has 88 valence electrons. The molecule has 3 nitrogen and oxygen atoms in total. The van der Waals surface area contributed by atoms with Gasteiger partial charge in [-0.2, -0.15) is 0 Å². The van der Waals surface area contributed by atoms with Crippen LogP contribution in [0.25, 0.3) is 0 Å². The average Bonchev–Trinajstić information content (AvgIpc) is 2.15. The standard InChI is InChI=1S/C12H16ClNO2/c1-8(13)10-6-5-9(12(2,3)4)7-11(10)14(15)16/h5-8H,1-4H3. The average molecular weight is 242 g/mol. The first-order valence-electron chi connectivity index (χ1n) is 5.16. The van der Waals surface area contributed by atoms with Crippen LogP contribution < -0.4 is 0 Å². The molecule has 1 rings (SSSR count). The molecule has 0 bridgehead atoms. The second-order valence-corrected chi connectivity index (χ2v) is 5.55. The number of hydrogen-bond acceptors (Lipinski definition) is 2. The van der Waals surface area contributed by atoms with E-state index in [4.69, 9.17) is 11.6 Å². The molecule has 0 N–H and O–H groups in total. The molecular weight excluding hydrogens is 226 g/mol. The third-order valence-corrected chi connectivity index (χ3v) is 2.76. The van der Waals surface area contributed by atoms with Gasteiger partial charge in [-0.3, -0.25) is 10.1 Å². The first-order valence-corrected chi connectivity index (χ1v) is 5.60. The maximum Gasteiger partial charge on any atom is 0.274 e. The highest BCUT2D eigenvalue weighted by Crippen LogP contribution is 2.33. The Labute approximate surface area is 101 Å². The summed E-state index contributed by atoms with van der Waals surface area (Å²) in [6.07, 6.45) is 0. The van der Waals surface area contributed by atoms with Gasteiger partial charge in [0.1, 0.15) is 0 Å². The van der Waals surface area contributed by atoms with E-state index in [1.165, 1.54) is 0 Å². The van der Waals surface area contributed by atoms with Gasteiger partial charge in [0.25, 0.3) is 5.69 Å². The van der Waals surface area contributed by atoms with Crippen molar-refractivity contribution in [1.29, 1.82) is 0 Å². The van der Waals surface area contributed by atoms with E-state index in [1.54, 1.807) is 19.1 Å². The molecule has 0 aliphatic carbocycles. The van der Waals surface area contributed by atoms with Gasteiger partial charge in [-0.1, -0.05) is 32.9 Å². The Bertz CT molecular complexity index is 408. The Morgan fingerprint density at radius 2 is 1.94 bits per heavy atom. The normalized spacial score (nSPS) is 13.6.